The van der Waals surface area contributed by atoms with E-state index in [2.05, 4.69) is 5.32 Å². The van der Waals surface area contributed by atoms with Crippen LogP contribution in [0.5, 0.6) is 0 Å². The van der Waals surface area contributed by atoms with Crippen LogP contribution in [0.2, 0.25) is 0 Å². The van der Waals surface area contributed by atoms with Crippen molar-refractivity contribution in [2.24, 2.45) is 0 Å². The molecular formula is C27H29N3O6. The summed E-state index contributed by atoms with van der Waals surface area (Å²) in [6.07, 6.45) is 1.11. The summed E-state index contributed by atoms with van der Waals surface area (Å²) in [5.41, 5.74) is 1.76. The van der Waals surface area contributed by atoms with Crippen LogP contribution in [0.4, 0.5) is 0 Å². The predicted molar refractivity (Wildman–Crippen MR) is 132 cm³/mol. The molecule has 36 heavy (non-hydrogen) atoms. The molecule has 1 heterocycles. The molecule has 3 amide bonds. The summed E-state index contributed by atoms with van der Waals surface area (Å²) in [7, 11) is 0. The summed E-state index contributed by atoms with van der Waals surface area (Å²) < 4.78 is 5.04. The molecule has 0 aromatic heterocycles. The van der Waals surface area contributed by atoms with Crippen LogP contribution in [0, 0.1) is 0 Å². The zero-order valence-corrected chi connectivity index (χ0v) is 20.5. The standard InChI is InChI=1S/C27H29N3O6/c1-18(2)36-27(35)26(34)22(14-20-10-6-4-7-11-20)28-24(32)16-30-23(21-12-8-5-9-13-21)15-29(19(3)31)17-25(30)33/h4-13,15,18,22H,14,16-17H2,1-3H3,(H,28,32)/t22-/m0/s1. The number of nitrogens with zero attached hydrogens (tertiary/aromatic N) is 2. The Morgan fingerprint density at radius 1 is 0.972 bits per heavy atom. The van der Waals surface area contributed by atoms with E-state index in [9.17, 15) is 24.0 Å². The van der Waals surface area contributed by atoms with E-state index in [-0.39, 0.29) is 18.9 Å². The third-order valence-corrected chi connectivity index (χ3v) is 5.43. The molecule has 2 aromatic rings. The van der Waals surface area contributed by atoms with E-state index in [0.29, 0.717) is 11.3 Å². The number of Topliss-reactive ketones (excluding diaryl/α,β-unsaturated/α-hetero) is 1. The minimum atomic E-state index is -1.18. The lowest BCUT2D eigenvalue weighted by atomic mass is 10.0. The van der Waals surface area contributed by atoms with Crippen molar-refractivity contribution in [3.05, 3.63) is 78.0 Å². The highest BCUT2D eigenvalue weighted by Crippen LogP contribution is 2.24. The Labute approximate surface area is 209 Å². The first-order chi connectivity index (χ1) is 17.2. The van der Waals surface area contributed by atoms with Gasteiger partial charge in [0.2, 0.25) is 17.7 Å². The zero-order chi connectivity index (χ0) is 26.2. The number of benzene rings is 2. The van der Waals surface area contributed by atoms with E-state index < -0.39 is 42.3 Å². The molecule has 0 spiro atoms. The van der Waals surface area contributed by atoms with Gasteiger partial charge in [-0.05, 0) is 25.0 Å². The number of ether oxygens (including phenoxy) is 1. The molecule has 188 valence electrons. The third kappa shape index (κ3) is 6.88. The van der Waals surface area contributed by atoms with E-state index in [1.807, 2.05) is 12.1 Å². The van der Waals surface area contributed by atoms with E-state index in [0.717, 1.165) is 5.56 Å². The average Bonchev–Trinajstić information content (AvgIpc) is 2.84. The van der Waals surface area contributed by atoms with Gasteiger partial charge in [-0.15, -0.1) is 0 Å². The monoisotopic (exact) mass is 491 g/mol. The number of ketones is 1. The fourth-order valence-corrected chi connectivity index (χ4v) is 3.70. The average molecular weight is 492 g/mol. The fraction of sp³-hybridized carbons (Fsp3) is 0.296. The molecule has 1 atom stereocenters. The van der Waals surface area contributed by atoms with Gasteiger partial charge in [0.25, 0.3) is 5.78 Å². The second-order valence-electron chi connectivity index (χ2n) is 8.64. The molecule has 1 aliphatic rings. The topological polar surface area (TPSA) is 113 Å². The van der Waals surface area contributed by atoms with Gasteiger partial charge in [-0.2, -0.15) is 0 Å². The Kier molecular flexibility index (Phi) is 8.72. The second-order valence-corrected chi connectivity index (χ2v) is 8.64. The Morgan fingerprint density at radius 3 is 2.17 bits per heavy atom. The molecule has 0 radical (unpaired) electrons. The molecule has 0 saturated carbocycles. The van der Waals surface area contributed by atoms with Gasteiger partial charge in [0.05, 0.1) is 11.8 Å². The van der Waals surface area contributed by atoms with Crippen molar-refractivity contribution >= 4 is 35.2 Å². The summed E-state index contributed by atoms with van der Waals surface area (Å²) in [5, 5.41) is 2.60. The van der Waals surface area contributed by atoms with Gasteiger partial charge >= 0.3 is 5.97 Å². The molecule has 9 nitrogen and oxygen atoms in total. The van der Waals surface area contributed by atoms with Crippen LogP contribution in [0.3, 0.4) is 0 Å². The van der Waals surface area contributed by atoms with Crippen LogP contribution in [0.15, 0.2) is 66.9 Å². The van der Waals surface area contributed by atoms with E-state index in [1.165, 1.54) is 22.9 Å². The lowest BCUT2D eigenvalue weighted by molar-refractivity contribution is -0.157. The minimum absolute atomic E-state index is 0.0754. The van der Waals surface area contributed by atoms with Gasteiger partial charge in [-0.25, -0.2) is 4.79 Å². The van der Waals surface area contributed by atoms with Crippen molar-refractivity contribution in [1.82, 2.24) is 15.1 Å². The first kappa shape index (κ1) is 26.3. The van der Waals surface area contributed by atoms with E-state index in [4.69, 9.17) is 4.74 Å². The molecular weight excluding hydrogens is 462 g/mol. The highest BCUT2D eigenvalue weighted by Gasteiger charge is 2.33. The van der Waals surface area contributed by atoms with Crippen LogP contribution in [0.25, 0.3) is 5.70 Å². The molecule has 2 aromatic carbocycles. The number of hydrogen-bond donors (Lipinski definition) is 1. The Hall–Kier alpha value is -4.27. The summed E-state index contributed by atoms with van der Waals surface area (Å²) in [6, 6.07) is 16.7. The lowest BCUT2D eigenvalue weighted by Crippen LogP contribution is -2.52. The zero-order valence-electron chi connectivity index (χ0n) is 20.5. The summed E-state index contributed by atoms with van der Waals surface area (Å²) in [5.74, 6) is -3.31. The van der Waals surface area contributed by atoms with Gasteiger partial charge in [-0.3, -0.25) is 24.1 Å². The maximum absolute atomic E-state index is 13.1. The van der Waals surface area contributed by atoms with Crippen LogP contribution >= 0.6 is 0 Å². The number of carbonyl (C=O) groups excluding carboxylic acids is 5. The number of hydrogen-bond acceptors (Lipinski definition) is 6. The number of rotatable bonds is 9. The first-order valence-electron chi connectivity index (χ1n) is 11.6. The molecule has 1 aliphatic heterocycles. The van der Waals surface area contributed by atoms with E-state index >= 15 is 0 Å². The van der Waals surface area contributed by atoms with Crippen LogP contribution in [0.1, 0.15) is 31.9 Å². The minimum Gasteiger partial charge on any atom is -0.457 e. The third-order valence-electron chi connectivity index (χ3n) is 5.43. The smallest absolute Gasteiger partial charge is 0.377 e. The van der Waals surface area contributed by atoms with Gasteiger partial charge in [-0.1, -0.05) is 60.7 Å². The summed E-state index contributed by atoms with van der Waals surface area (Å²) in [4.78, 5) is 65.7. The molecule has 0 saturated heterocycles. The number of esters is 1. The van der Waals surface area contributed by atoms with Crippen molar-refractivity contribution in [2.75, 3.05) is 13.1 Å². The SMILES string of the molecule is CC(=O)N1C=C(c2ccccc2)N(CC(=O)N[C@@H](Cc2ccccc2)C(=O)C(=O)OC(C)C)C(=O)C1. The van der Waals surface area contributed by atoms with Gasteiger partial charge in [0.1, 0.15) is 19.1 Å². The molecule has 0 bridgehead atoms. The molecule has 9 heteroatoms. The fourth-order valence-electron chi connectivity index (χ4n) is 3.70. The largest absolute Gasteiger partial charge is 0.457 e. The summed E-state index contributed by atoms with van der Waals surface area (Å²) in [6.45, 7) is 3.99. The van der Waals surface area contributed by atoms with Gasteiger partial charge < -0.3 is 15.0 Å². The quantitative estimate of drug-likeness (QED) is 0.424. The van der Waals surface area contributed by atoms with E-state index in [1.54, 1.807) is 62.4 Å². The van der Waals surface area contributed by atoms with Gasteiger partial charge in [0, 0.05) is 19.5 Å². The highest BCUT2D eigenvalue weighted by atomic mass is 16.5. The molecule has 3 rings (SSSR count). The van der Waals surface area contributed by atoms with Crippen molar-refractivity contribution in [3.63, 3.8) is 0 Å². The molecule has 1 N–H and O–H groups in total. The van der Waals surface area contributed by atoms with Crippen molar-refractivity contribution in [1.29, 1.82) is 0 Å². The highest BCUT2D eigenvalue weighted by molar-refractivity contribution is 6.36. The number of carbonyl (C=O) groups is 5. The van der Waals surface area contributed by atoms with Crippen molar-refractivity contribution in [2.45, 2.75) is 39.3 Å². The Bertz CT molecular complexity index is 1160. The Balaban J connectivity index is 1.83. The second kappa shape index (κ2) is 11.9. The molecule has 0 fully saturated rings. The van der Waals surface area contributed by atoms with Crippen LogP contribution < -0.4 is 5.32 Å². The predicted octanol–water partition coefficient (Wildman–Crippen LogP) is 1.92. The summed E-state index contributed by atoms with van der Waals surface area (Å²) >= 11 is 0. The molecule has 0 unspecified atom stereocenters. The normalized spacial score (nSPS) is 14.2. The Morgan fingerprint density at radius 2 is 1.58 bits per heavy atom. The lowest BCUT2D eigenvalue weighted by Gasteiger charge is -2.33. The maximum atomic E-state index is 13.1. The van der Waals surface area contributed by atoms with Crippen molar-refractivity contribution in [3.8, 4) is 0 Å². The molecule has 0 aliphatic carbocycles. The van der Waals surface area contributed by atoms with Crippen LogP contribution in [-0.2, 0) is 35.1 Å². The van der Waals surface area contributed by atoms with Crippen molar-refractivity contribution < 1.29 is 28.7 Å². The van der Waals surface area contributed by atoms with Gasteiger partial charge in [0.15, 0.2) is 0 Å². The number of amides is 3. The maximum Gasteiger partial charge on any atom is 0.377 e. The first-order valence-corrected chi connectivity index (χ1v) is 11.6. The van der Waals surface area contributed by atoms with Crippen LogP contribution in [-0.4, -0.2) is 64.5 Å². The number of nitrogens with one attached hydrogen (secondary N) is 1.